The number of imidazole rings is 1. The third-order valence-corrected chi connectivity index (χ3v) is 4.12. The summed E-state index contributed by atoms with van der Waals surface area (Å²) in [5, 5.41) is 1.80. The zero-order valence-electron chi connectivity index (χ0n) is 10.8. The number of alkyl halides is 1. The molecule has 0 amide bonds. The quantitative estimate of drug-likeness (QED) is 0.543. The maximum absolute atomic E-state index is 6.33. The van der Waals surface area contributed by atoms with Crippen molar-refractivity contribution in [2.24, 2.45) is 0 Å². The van der Waals surface area contributed by atoms with Crippen molar-refractivity contribution in [2.45, 2.75) is 6.42 Å². The van der Waals surface area contributed by atoms with E-state index in [4.69, 9.17) is 46.4 Å². The molecule has 3 rings (SSSR count). The molecule has 0 aliphatic carbocycles. The third-order valence-electron chi connectivity index (χ3n) is 3.15. The van der Waals surface area contributed by atoms with Gasteiger partial charge in [0, 0.05) is 22.3 Å². The summed E-state index contributed by atoms with van der Waals surface area (Å²) < 4.78 is 1.99. The molecule has 0 spiro atoms. The predicted octanol–water partition coefficient (Wildman–Crippen LogP) is 5.77. The Kier molecular flexibility index (Phi) is 4.32. The molecule has 0 fully saturated rings. The van der Waals surface area contributed by atoms with E-state index in [9.17, 15) is 0 Å². The van der Waals surface area contributed by atoms with Crippen LogP contribution in [0.2, 0.25) is 15.1 Å². The van der Waals surface area contributed by atoms with E-state index in [0.29, 0.717) is 27.4 Å². The lowest BCUT2D eigenvalue weighted by Gasteiger charge is -2.11. The van der Waals surface area contributed by atoms with E-state index in [2.05, 4.69) is 4.98 Å². The van der Waals surface area contributed by atoms with Crippen LogP contribution in [0.25, 0.3) is 16.7 Å². The van der Waals surface area contributed by atoms with Crippen molar-refractivity contribution in [2.75, 3.05) is 5.88 Å². The van der Waals surface area contributed by atoms with Gasteiger partial charge in [0.05, 0.1) is 21.7 Å². The zero-order chi connectivity index (χ0) is 15.0. The minimum atomic E-state index is 0.474. The summed E-state index contributed by atoms with van der Waals surface area (Å²) in [6.07, 6.45) is 0.632. The molecule has 0 bridgehead atoms. The summed E-state index contributed by atoms with van der Waals surface area (Å²) in [5.41, 5.74) is 2.57. The van der Waals surface area contributed by atoms with Crippen molar-refractivity contribution in [1.29, 1.82) is 0 Å². The highest BCUT2D eigenvalue weighted by atomic mass is 35.5. The van der Waals surface area contributed by atoms with Gasteiger partial charge in [-0.2, -0.15) is 0 Å². The molecule has 0 N–H and O–H groups in total. The van der Waals surface area contributed by atoms with Gasteiger partial charge in [-0.05, 0) is 36.4 Å². The van der Waals surface area contributed by atoms with Gasteiger partial charge in [0.25, 0.3) is 0 Å². The fourth-order valence-corrected chi connectivity index (χ4v) is 3.12. The molecule has 0 atom stereocenters. The van der Waals surface area contributed by atoms with Gasteiger partial charge in [-0.1, -0.05) is 34.8 Å². The van der Waals surface area contributed by atoms with Crippen LogP contribution in [0.1, 0.15) is 5.82 Å². The van der Waals surface area contributed by atoms with Gasteiger partial charge in [-0.15, -0.1) is 11.6 Å². The molecule has 3 aromatic rings. The molecule has 21 heavy (non-hydrogen) atoms. The van der Waals surface area contributed by atoms with Crippen LogP contribution < -0.4 is 0 Å². The van der Waals surface area contributed by atoms with E-state index in [0.717, 1.165) is 22.5 Å². The Labute approximate surface area is 142 Å². The van der Waals surface area contributed by atoms with Crippen molar-refractivity contribution in [3.05, 3.63) is 57.3 Å². The number of halogens is 4. The lowest BCUT2D eigenvalue weighted by molar-refractivity contribution is 0.912. The van der Waals surface area contributed by atoms with Crippen molar-refractivity contribution in [3.63, 3.8) is 0 Å². The summed E-state index contributed by atoms with van der Waals surface area (Å²) in [6, 6.07) is 11.0. The lowest BCUT2D eigenvalue weighted by atomic mass is 10.2. The Morgan fingerprint density at radius 3 is 2.38 bits per heavy atom. The first kappa shape index (κ1) is 15.0. The molecule has 2 aromatic carbocycles. The summed E-state index contributed by atoms with van der Waals surface area (Å²) in [5.74, 6) is 1.31. The topological polar surface area (TPSA) is 17.8 Å². The summed E-state index contributed by atoms with van der Waals surface area (Å²) in [6.45, 7) is 0. The van der Waals surface area contributed by atoms with Crippen molar-refractivity contribution in [1.82, 2.24) is 9.55 Å². The number of aryl methyl sites for hydroxylation is 1. The number of benzene rings is 2. The van der Waals surface area contributed by atoms with E-state index in [-0.39, 0.29) is 0 Å². The SMILES string of the molecule is ClCCc1nc2cc(Cl)ccc2n1-c1ccc(Cl)cc1Cl. The number of rotatable bonds is 3. The molecular formula is C15H10Cl4N2. The Morgan fingerprint density at radius 2 is 1.67 bits per heavy atom. The number of hydrogen-bond donors (Lipinski definition) is 0. The maximum Gasteiger partial charge on any atom is 0.115 e. The van der Waals surface area contributed by atoms with E-state index in [1.54, 1.807) is 12.1 Å². The molecule has 0 saturated carbocycles. The fraction of sp³-hybridized carbons (Fsp3) is 0.133. The molecular weight excluding hydrogens is 350 g/mol. The first-order valence-corrected chi connectivity index (χ1v) is 7.95. The second-order valence-corrected chi connectivity index (χ2v) is 6.19. The van der Waals surface area contributed by atoms with Crippen LogP contribution in [0.15, 0.2) is 36.4 Å². The molecule has 0 aliphatic heterocycles. The highest BCUT2D eigenvalue weighted by Crippen LogP contribution is 2.30. The average Bonchev–Trinajstić information content (AvgIpc) is 2.76. The Balaban J connectivity index is 2.30. The standard InChI is InChI=1S/C15H10Cl4N2/c16-6-5-15-20-12-8-10(18)2-4-14(12)21(15)13-3-1-9(17)7-11(13)19/h1-4,7-8H,5-6H2. The Bertz CT molecular complexity index is 811. The van der Waals surface area contributed by atoms with Crippen LogP contribution >= 0.6 is 46.4 Å². The van der Waals surface area contributed by atoms with Crippen LogP contribution in [-0.2, 0) is 6.42 Å². The zero-order valence-corrected chi connectivity index (χ0v) is 13.8. The number of nitrogens with zero attached hydrogens (tertiary/aromatic N) is 2. The Hall–Kier alpha value is -0.930. The van der Waals surface area contributed by atoms with Crippen molar-refractivity contribution < 1.29 is 0 Å². The molecule has 0 radical (unpaired) electrons. The average molecular weight is 360 g/mol. The van der Waals surface area contributed by atoms with Crippen molar-refractivity contribution in [3.8, 4) is 5.69 Å². The molecule has 2 nitrogen and oxygen atoms in total. The number of fused-ring (bicyclic) bond motifs is 1. The molecule has 0 unspecified atom stereocenters. The number of aromatic nitrogens is 2. The first-order valence-electron chi connectivity index (χ1n) is 6.28. The van der Waals surface area contributed by atoms with E-state index in [1.807, 2.05) is 28.8 Å². The summed E-state index contributed by atoms with van der Waals surface area (Å²) in [4.78, 5) is 4.61. The van der Waals surface area contributed by atoms with Crippen LogP contribution in [0.4, 0.5) is 0 Å². The third kappa shape index (κ3) is 2.86. The highest BCUT2D eigenvalue weighted by molar-refractivity contribution is 6.35. The molecule has 1 heterocycles. The second kappa shape index (κ2) is 6.05. The smallest absolute Gasteiger partial charge is 0.115 e. The van der Waals surface area contributed by atoms with Gasteiger partial charge >= 0.3 is 0 Å². The molecule has 1 aromatic heterocycles. The predicted molar refractivity (Wildman–Crippen MR) is 90.5 cm³/mol. The van der Waals surface area contributed by atoms with Crippen LogP contribution in [-0.4, -0.2) is 15.4 Å². The van der Waals surface area contributed by atoms with Gasteiger partial charge in [-0.3, -0.25) is 4.57 Å². The molecule has 0 saturated heterocycles. The van der Waals surface area contributed by atoms with Crippen LogP contribution in [0, 0.1) is 0 Å². The van der Waals surface area contributed by atoms with Gasteiger partial charge in [0.2, 0.25) is 0 Å². The summed E-state index contributed by atoms with van der Waals surface area (Å²) in [7, 11) is 0. The first-order chi connectivity index (χ1) is 10.1. The second-order valence-electron chi connectivity index (χ2n) is 4.53. The minimum absolute atomic E-state index is 0.474. The largest absolute Gasteiger partial charge is 0.295 e. The van der Waals surface area contributed by atoms with Crippen molar-refractivity contribution >= 4 is 57.4 Å². The molecule has 6 heteroatoms. The Morgan fingerprint density at radius 1 is 0.952 bits per heavy atom. The monoisotopic (exact) mass is 358 g/mol. The van der Waals surface area contributed by atoms with Gasteiger partial charge in [0.15, 0.2) is 0 Å². The molecule has 0 aliphatic rings. The maximum atomic E-state index is 6.33. The van der Waals surface area contributed by atoms with E-state index >= 15 is 0 Å². The van der Waals surface area contributed by atoms with Crippen LogP contribution in [0.3, 0.4) is 0 Å². The van der Waals surface area contributed by atoms with E-state index in [1.165, 1.54) is 0 Å². The van der Waals surface area contributed by atoms with Gasteiger partial charge in [0.1, 0.15) is 5.82 Å². The lowest BCUT2D eigenvalue weighted by Crippen LogP contribution is -2.02. The van der Waals surface area contributed by atoms with Gasteiger partial charge < -0.3 is 0 Å². The number of hydrogen-bond acceptors (Lipinski definition) is 1. The highest BCUT2D eigenvalue weighted by Gasteiger charge is 2.14. The van der Waals surface area contributed by atoms with Crippen LogP contribution in [0.5, 0.6) is 0 Å². The van der Waals surface area contributed by atoms with E-state index < -0.39 is 0 Å². The fourth-order valence-electron chi connectivity index (χ4n) is 2.29. The minimum Gasteiger partial charge on any atom is -0.295 e. The normalized spacial score (nSPS) is 11.2. The van der Waals surface area contributed by atoms with Gasteiger partial charge in [-0.25, -0.2) is 4.98 Å². The molecule has 108 valence electrons. The summed E-state index contributed by atoms with van der Waals surface area (Å²) >= 11 is 24.2.